The minimum Gasteiger partial charge on any atom is -0.332 e. The van der Waals surface area contributed by atoms with Gasteiger partial charge in [-0.25, -0.2) is 4.39 Å². The van der Waals surface area contributed by atoms with Crippen molar-refractivity contribution in [1.82, 2.24) is 14.7 Å². The van der Waals surface area contributed by atoms with Crippen LogP contribution in [0, 0.1) is 12.7 Å². The molecule has 1 fully saturated rings. The molecule has 0 unspecified atom stereocenters. The number of carbonyl (C=O) groups is 1. The Morgan fingerprint density at radius 1 is 1.42 bits per heavy atom. The van der Waals surface area contributed by atoms with E-state index in [1.54, 1.807) is 29.9 Å². The van der Waals surface area contributed by atoms with Gasteiger partial charge in [-0.1, -0.05) is 23.7 Å². The summed E-state index contributed by atoms with van der Waals surface area (Å²) in [6.07, 6.45) is 5.27. The normalized spacial score (nSPS) is 14.3. The summed E-state index contributed by atoms with van der Waals surface area (Å²) in [6, 6.07) is 6.52. The zero-order valence-electron chi connectivity index (χ0n) is 13.7. The van der Waals surface area contributed by atoms with Gasteiger partial charge in [0.1, 0.15) is 11.0 Å². The van der Waals surface area contributed by atoms with Crippen molar-refractivity contribution in [2.45, 2.75) is 32.4 Å². The second-order valence-corrected chi connectivity index (χ2v) is 6.43. The first-order chi connectivity index (χ1) is 11.5. The molecule has 1 aromatic heterocycles. The maximum Gasteiger partial charge on any atom is 0.247 e. The zero-order valence-corrected chi connectivity index (χ0v) is 14.4. The van der Waals surface area contributed by atoms with Gasteiger partial charge in [-0.05, 0) is 43.5 Å². The van der Waals surface area contributed by atoms with Gasteiger partial charge in [-0.2, -0.15) is 5.10 Å². The summed E-state index contributed by atoms with van der Waals surface area (Å²) in [5.74, 6) is -0.342. The molecule has 1 saturated carbocycles. The number of aryl methyl sites for hydroxylation is 2. The van der Waals surface area contributed by atoms with Crippen molar-refractivity contribution >= 4 is 23.6 Å². The third kappa shape index (κ3) is 3.67. The van der Waals surface area contributed by atoms with Crippen LogP contribution in [-0.4, -0.2) is 26.6 Å². The molecule has 0 spiro atoms. The number of hydrogen-bond donors (Lipinski definition) is 0. The molecular formula is C18H19ClFN3O. The maximum absolute atomic E-state index is 13.0. The van der Waals surface area contributed by atoms with Crippen molar-refractivity contribution in [3.05, 3.63) is 58.1 Å². The molecule has 1 amide bonds. The summed E-state index contributed by atoms with van der Waals surface area (Å²) >= 11 is 6.19. The summed E-state index contributed by atoms with van der Waals surface area (Å²) < 4.78 is 14.6. The first kappa shape index (κ1) is 16.7. The van der Waals surface area contributed by atoms with Crippen LogP contribution in [0.5, 0.6) is 0 Å². The van der Waals surface area contributed by atoms with Crippen molar-refractivity contribution in [1.29, 1.82) is 0 Å². The Morgan fingerprint density at radius 2 is 2.08 bits per heavy atom. The molecule has 0 aliphatic heterocycles. The van der Waals surface area contributed by atoms with E-state index in [1.165, 1.54) is 18.2 Å². The second kappa shape index (κ2) is 6.77. The first-order valence-electron chi connectivity index (χ1n) is 7.88. The number of carbonyl (C=O) groups excluding carboxylic acids is 1. The molecule has 0 radical (unpaired) electrons. The molecule has 0 bridgehead atoms. The first-order valence-corrected chi connectivity index (χ1v) is 8.25. The zero-order chi connectivity index (χ0) is 17.3. The summed E-state index contributed by atoms with van der Waals surface area (Å²) in [7, 11) is 1.76. The standard InChI is InChI=1S/C18H19ClFN3O/c1-12-16(18(19)22(2)21-12)9-10-17(24)23(15-7-8-15)11-13-3-5-14(20)6-4-13/h3-6,9-10,15H,7-8,11H2,1-2H3/b10-9+. The van der Waals surface area contributed by atoms with Crippen molar-refractivity contribution in [2.24, 2.45) is 7.05 Å². The lowest BCUT2D eigenvalue weighted by Crippen LogP contribution is -2.31. The van der Waals surface area contributed by atoms with Crippen LogP contribution in [-0.2, 0) is 18.4 Å². The average Bonchev–Trinajstić information content (AvgIpc) is 3.35. The van der Waals surface area contributed by atoms with Gasteiger partial charge in [0.05, 0.1) is 5.69 Å². The van der Waals surface area contributed by atoms with E-state index in [-0.39, 0.29) is 17.8 Å². The van der Waals surface area contributed by atoms with E-state index in [0.29, 0.717) is 11.7 Å². The van der Waals surface area contributed by atoms with Crippen LogP contribution in [0.1, 0.15) is 29.7 Å². The van der Waals surface area contributed by atoms with Gasteiger partial charge in [0.25, 0.3) is 0 Å². The summed E-state index contributed by atoms with van der Waals surface area (Å²) in [5, 5.41) is 4.74. The van der Waals surface area contributed by atoms with E-state index < -0.39 is 0 Å². The van der Waals surface area contributed by atoms with Gasteiger partial charge < -0.3 is 4.90 Å². The Bertz CT molecular complexity index is 778. The van der Waals surface area contributed by atoms with Gasteiger partial charge in [-0.3, -0.25) is 9.48 Å². The molecule has 1 aromatic carbocycles. The molecule has 3 rings (SSSR count). The van der Waals surface area contributed by atoms with Crippen LogP contribution in [0.15, 0.2) is 30.3 Å². The predicted molar refractivity (Wildman–Crippen MR) is 92.0 cm³/mol. The van der Waals surface area contributed by atoms with Crippen molar-refractivity contribution < 1.29 is 9.18 Å². The van der Waals surface area contributed by atoms with E-state index >= 15 is 0 Å². The fourth-order valence-electron chi connectivity index (χ4n) is 2.65. The highest BCUT2D eigenvalue weighted by Gasteiger charge is 2.31. The highest BCUT2D eigenvalue weighted by molar-refractivity contribution is 6.31. The SMILES string of the molecule is Cc1nn(C)c(Cl)c1/C=C/C(=O)N(Cc1ccc(F)cc1)C1CC1. The monoisotopic (exact) mass is 347 g/mol. The largest absolute Gasteiger partial charge is 0.332 e. The van der Waals surface area contributed by atoms with Crippen LogP contribution in [0.4, 0.5) is 4.39 Å². The van der Waals surface area contributed by atoms with Gasteiger partial charge in [0.15, 0.2) is 0 Å². The summed E-state index contributed by atoms with van der Waals surface area (Å²) in [4.78, 5) is 14.4. The Balaban J connectivity index is 1.75. The topological polar surface area (TPSA) is 38.1 Å². The Morgan fingerprint density at radius 3 is 2.62 bits per heavy atom. The highest BCUT2D eigenvalue weighted by atomic mass is 35.5. The lowest BCUT2D eigenvalue weighted by Gasteiger charge is -2.21. The number of amides is 1. The molecule has 126 valence electrons. The van der Waals surface area contributed by atoms with Gasteiger partial charge >= 0.3 is 0 Å². The molecule has 24 heavy (non-hydrogen) atoms. The molecular weight excluding hydrogens is 329 g/mol. The van der Waals surface area contributed by atoms with E-state index in [0.717, 1.165) is 29.7 Å². The predicted octanol–water partition coefficient (Wildman–Crippen LogP) is 3.73. The van der Waals surface area contributed by atoms with Crippen molar-refractivity contribution in [3.63, 3.8) is 0 Å². The number of benzene rings is 1. The van der Waals surface area contributed by atoms with Crippen LogP contribution in [0.3, 0.4) is 0 Å². The molecule has 1 aliphatic rings. The Hall–Kier alpha value is -2.14. The third-order valence-electron chi connectivity index (χ3n) is 4.13. The highest BCUT2D eigenvalue weighted by Crippen LogP contribution is 2.29. The third-order valence-corrected chi connectivity index (χ3v) is 4.57. The molecule has 0 N–H and O–H groups in total. The van der Waals surface area contributed by atoms with E-state index in [1.807, 2.05) is 11.8 Å². The van der Waals surface area contributed by atoms with Crippen molar-refractivity contribution in [3.8, 4) is 0 Å². The second-order valence-electron chi connectivity index (χ2n) is 6.07. The number of rotatable bonds is 5. The van der Waals surface area contributed by atoms with E-state index in [2.05, 4.69) is 5.10 Å². The molecule has 1 aliphatic carbocycles. The van der Waals surface area contributed by atoms with Gasteiger partial charge in [-0.15, -0.1) is 0 Å². The molecule has 0 saturated heterocycles. The summed E-state index contributed by atoms with van der Waals surface area (Å²) in [6.45, 7) is 2.33. The summed E-state index contributed by atoms with van der Waals surface area (Å²) in [5.41, 5.74) is 2.45. The number of halogens is 2. The smallest absolute Gasteiger partial charge is 0.247 e. The Kier molecular flexibility index (Phi) is 4.71. The van der Waals surface area contributed by atoms with E-state index in [9.17, 15) is 9.18 Å². The molecule has 6 heteroatoms. The van der Waals surface area contributed by atoms with E-state index in [4.69, 9.17) is 11.6 Å². The van der Waals surface area contributed by atoms with Gasteiger partial charge in [0, 0.05) is 31.3 Å². The molecule has 0 atom stereocenters. The lowest BCUT2D eigenvalue weighted by atomic mass is 10.2. The molecule has 2 aromatic rings. The molecule has 1 heterocycles. The minimum atomic E-state index is -0.273. The van der Waals surface area contributed by atoms with Crippen LogP contribution >= 0.6 is 11.6 Å². The number of aromatic nitrogens is 2. The molecule has 4 nitrogen and oxygen atoms in total. The van der Waals surface area contributed by atoms with Gasteiger partial charge in [0.2, 0.25) is 5.91 Å². The maximum atomic E-state index is 13.0. The van der Waals surface area contributed by atoms with Crippen molar-refractivity contribution in [2.75, 3.05) is 0 Å². The minimum absolute atomic E-state index is 0.0684. The van der Waals surface area contributed by atoms with Crippen LogP contribution in [0.25, 0.3) is 6.08 Å². The fraction of sp³-hybridized carbons (Fsp3) is 0.333. The number of hydrogen-bond acceptors (Lipinski definition) is 2. The van der Waals surface area contributed by atoms with Crippen LogP contribution in [0.2, 0.25) is 5.15 Å². The number of nitrogens with zero attached hydrogens (tertiary/aromatic N) is 3. The fourth-order valence-corrected chi connectivity index (χ4v) is 2.88. The van der Waals surface area contributed by atoms with Crippen LogP contribution < -0.4 is 0 Å². The lowest BCUT2D eigenvalue weighted by molar-refractivity contribution is -0.127. The Labute approximate surface area is 145 Å². The average molecular weight is 348 g/mol. The quantitative estimate of drug-likeness (QED) is 0.773.